The van der Waals surface area contributed by atoms with E-state index in [0.717, 1.165) is 26.8 Å². The molecular weight excluding hydrogens is 348 g/mol. The molecule has 17 heavy (non-hydrogen) atoms. The van der Waals surface area contributed by atoms with Crippen molar-refractivity contribution in [2.24, 2.45) is 0 Å². The summed E-state index contributed by atoms with van der Waals surface area (Å²) in [5.74, 6) is 0.766. The van der Waals surface area contributed by atoms with E-state index in [-0.39, 0.29) is 6.04 Å². The number of ether oxygens (including phenoxy) is 1. The van der Waals surface area contributed by atoms with E-state index >= 15 is 0 Å². The third-order valence-electron chi connectivity index (χ3n) is 2.43. The second-order valence-corrected chi connectivity index (χ2v) is 5.29. The molecule has 5 heteroatoms. The first kappa shape index (κ1) is 14.3. The van der Waals surface area contributed by atoms with Gasteiger partial charge in [-0.05, 0) is 44.3 Å². The van der Waals surface area contributed by atoms with Crippen molar-refractivity contribution in [2.75, 3.05) is 12.4 Å². The van der Waals surface area contributed by atoms with Crippen molar-refractivity contribution in [1.82, 2.24) is 0 Å². The predicted molar refractivity (Wildman–Crippen MR) is 76.3 cm³/mol. The summed E-state index contributed by atoms with van der Waals surface area (Å²) < 4.78 is 7.08. The topological polar surface area (TPSA) is 45.0 Å². The van der Waals surface area contributed by atoms with E-state index < -0.39 is 0 Å². The summed E-state index contributed by atoms with van der Waals surface area (Å²) in [6.45, 7) is 2.05. The van der Waals surface area contributed by atoms with Crippen LogP contribution >= 0.6 is 31.9 Å². The van der Waals surface area contributed by atoms with Crippen LogP contribution in [0.5, 0.6) is 5.75 Å². The van der Waals surface area contributed by atoms with Gasteiger partial charge in [0, 0.05) is 16.6 Å². The first-order valence-corrected chi connectivity index (χ1v) is 6.87. The Hall–Kier alpha value is -0.730. The highest BCUT2D eigenvalue weighted by Crippen LogP contribution is 2.35. The smallest absolute Gasteiger partial charge is 0.135 e. The molecule has 1 aromatic rings. The normalized spacial score (nSPS) is 11.7. The van der Waals surface area contributed by atoms with Gasteiger partial charge in [0.2, 0.25) is 0 Å². The molecule has 0 aliphatic heterocycles. The van der Waals surface area contributed by atoms with Gasteiger partial charge >= 0.3 is 0 Å². The van der Waals surface area contributed by atoms with Crippen molar-refractivity contribution in [1.29, 1.82) is 5.26 Å². The molecule has 1 unspecified atom stereocenters. The van der Waals surface area contributed by atoms with Crippen LogP contribution in [-0.2, 0) is 0 Å². The highest BCUT2D eigenvalue weighted by Gasteiger charge is 2.11. The van der Waals surface area contributed by atoms with Gasteiger partial charge in [-0.15, -0.1) is 0 Å². The Labute approximate surface area is 118 Å². The monoisotopic (exact) mass is 360 g/mol. The molecule has 0 aliphatic carbocycles. The van der Waals surface area contributed by atoms with Crippen LogP contribution in [-0.4, -0.2) is 13.2 Å². The van der Waals surface area contributed by atoms with Crippen molar-refractivity contribution in [3.8, 4) is 11.8 Å². The highest BCUT2D eigenvalue weighted by molar-refractivity contribution is 9.11. The SMILES string of the molecule is CCC(CC#N)Nc1cc(OC)c(Br)cc1Br. The van der Waals surface area contributed by atoms with Crippen LogP contribution in [0.1, 0.15) is 19.8 Å². The lowest BCUT2D eigenvalue weighted by molar-refractivity contribution is 0.412. The zero-order valence-electron chi connectivity index (χ0n) is 9.76. The van der Waals surface area contributed by atoms with E-state index in [1.807, 2.05) is 12.1 Å². The summed E-state index contributed by atoms with van der Waals surface area (Å²) in [6, 6.07) is 6.18. The number of hydrogen-bond acceptors (Lipinski definition) is 3. The number of rotatable bonds is 5. The molecule has 0 amide bonds. The van der Waals surface area contributed by atoms with Crippen LogP contribution < -0.4 is 10.1 Å². The molecule has 0 saturated carbocycles. The van der Waals surface area contributed by atoms with Gasteiger partial charge in [0.25, 0.3) is 0 Å². The molecule has 92 valence electrons. The third-order valence-corrected chi connectivity index (χ3v) is 3.71. The van der Waals surface area contributed by atoms with Gasteiger partial charge in [0.1, 0.15) is 5.75 Å². The maximum atomic E-state index is 8.73. The number of halogens is 2. The summed E-state index contributed by atoms with van der Waals surface area (Å²) >= 11 is 6.91. The van der Waals surface area contributed by atoms with Crippen LogP contribution in [0.3, 0.4) is 0 Å². The molecule has 3 nitrogen and oxygen atoms in total. The van der Waals surface area contributed by atoms with Crippen molar-refractivity contribution in [3.05, 3.63) is 21.1 Å². The lowest BCUT2D eigenvalue weighted by Crippen LogP contribution is -2.17. The van der Waals surface area contributed by atoms with Gasteiger partial charge in [-0.2, -0.15) is 5.26 Å². The number of nitrogens with one attached hydrogen (secondary N) is 1. The molecule has 0 aromatic heterocycles. The zero-order valence-corrected chi connectivity index (χ0v) is 12.9. The largest absolute Gasteiger partial charge is 0.495 e. The highest BCUT2D eigenvalue weighted by atomic mass is 79.9. The van der Waals surface area contributed by atoms with Crippen molar-refractivity contribution in [2.45, 2.75) is 25.8 Å². The maximum Gasteiger partial charge on any atom is 0.135 e. The number of nitrogens with zero attached hydrogens (tertiary/aromatic N) is 1. The summed E-state index contributed by atoms with van der Waals surface area (Å²) in [4.78, 5) is 0. The van der Waals surface area contributed by atoms with E-state index in [1.165, 1.54) is 0 Å². The van der Waals surface area contributed by atoms with E-state index in [9.17, 15) is 0 Å². The van der Waals surface area contributed by atoms with Crippen molar-refractivity contribution in [3.63, 3.8) is 0 Å². The first-order valence-electron chi connectivity index (χ1n) is 5.28. The Kier molecular flexibility index (Phi) is 5.79. The standard InChI is InChI=1S/C12H14Br2N2O/c1-3-8(4-5-15)16-11-7-12(17-2)10(14)6-9(11)13/h6-8,16H,3-4H2,1-2H3. The number of methoxy groups -OCH3 is 1. The second-order valence-electron chi connectivity index (χ2n) is 3.58. The molecule has 1 aromatic carbocycles. The summed E-state index contributed by atoms with van der Waals surface area (Å²) in [5, 5.41) is 12.1. The van der Waals surface area contributed by atoms with Gasteiger partial charge in [-0.3, -0.25) is 0 Å². The zero-order chi connectivity index (χ0) is 12.8. The van der Waals surface area contributed by atoms with E-state index in [2.05, 4.69) is 50.2 Å². The van der Waals surface area contributed by atoms with Gasteiger partial charge < -0.3 is 10.1 Å². The summed E-state index contributed by atoms with van der Waals surface area (Å²) in [5.41, 5.74) is 0.937. The predicted octanol–water partition coefficient (Wildman–Crippen LogP) is 4.32. The maximum absolute atomic E-state index is 8.73. The average Bonchev–Trinajstić information content (AvgIpc) is 2.31. The Morgan fingerprint density at radius 1 is 1.41 bits per heavy atom. The Morgan fingerprint density at radius 2 is 2.12 bits per heavy atom. The fraction of sp³-hybridized carbons (Fsp3) is 0.417. The van der Waals surface area contributed by atoms with Gasteiger partial charge in [0.15, 0.2) is 0 Å². The van der Waals surface area contributed by atoms with E-state index in [1.54, 1.807) is 7.11 Å². The molecule has 0 heterocycles. The summed E-state index contributed by atoms with van der Waals surface area (Å²) in [6.07, 6.45) is 1.39. The third kappa shape index (κ3) is 3.90. The Bertz CT molecular complexity index is 429. The lowest BCUT2D eigenvalue weighted by Gasteiger charge is -2.17. The van der Waals surface area contributed by atoms with Crippen LogP contribution in [0.2, 0.25) is 0 Å². The Balaban J connectivity index is 2.94. The molecule has 1 rings (SSSR count). The first-order chi connectivity index (χ1) is 8.12. The Morgan fingerprint density at radius 3 is 2.65 bits per heavy atom. The van der Waals surface area contributed by atoms with E-state index in [4.69, 9.17) is 10.00 Å². The number of benzene rings is 1. The van der Waals surface area contributed by atoms with Crippen molar-refractivity contribution >= 4 is 37.5 Å². The van der Waals surface area contributed by atoms with Crippen molar-refractivity contribution < 1.29 is 4.74 Å². The molecule has 0 saturated heterocycles. The number of nitriles is 1. The summed E-state index contributed by atoms with van der Waals surface area (Å²) in [7, 11) is 1.63. The molecule has 1 N–H and O–H groups in total. The minimum Gasteiger partial charge on any atom is -0.495 e. The average molecular weight is 362 g/mol. The minimum absolute atomic E-state index is 0.155. The van der Waals surface area contributed by atoms with Crippen LogP contribution in [0.4, 0.5) is 5.69 Å². The van der Waals surface area contributed by atoms with Gasteiger partial charge in [-0.25, -0.2) is 0 Å². The molecule has 0 bridgehead atoms. The fourth-order valence-electron chi connectivity index (χ4n) is 1.42. The minimum atomic E-state index is 0.155. The fourth-order valence-corrected chi connectivity index (χ4v) is 2.69. The number of anilines is 1. The van der Waals surface area contributed by atoms with Crippen LogP contribution in [0.25, 0.3) is 0 Å². The van der Waals surface area contributed by atoms with Gasteiger partial charge in [-0.1, -0.05) is 6.92 Å². The molecule has 0 aliphatic rings. The lowest BCUT2D eigenvalue weighted by atomic mass is 10.1. The molecular formula is C12H14Br2N2O. The molecule has 0 radical (unpaired) electrons. The van der Waals surface area contributed by atoms with Crippen LogP contribution in [0.15, 0.2) is 21.1 Å². The second kappa shape index (κ2) is 6.87. The molecule has 1 atom stereocenters. The number of hydrogen-bond donors (Lipinski definition) is 1. The molecule has 0 spiro atoms. The quantitative estimate of drug-likeness (QED) is 0.849. The van der Waals surface area contributed by atoms with Crippen LogP contribution in [0, 0.1) is 11.3 Å². The van der Waals surface area contributed by atoms with Gasteiger partial charge in [0.05, 0.1) is 29.8 Å². The van der Waals surface area contributed by atoms with E-state index in [0.29, 0.717) is 6.42 Å². The molecule has 0 fully saturated rings.